The molecule has 3 amide bonds. The summed E-state index contributed by atoms with van der Waals surface area (Å²) in [5.41, 5.74) is -0.387. The van der Waals surface area contributed by atoms with Crippen LogP contribution in [-0.2, 0) is 9.53 Å². The molecular formula is C14H24N4O4. The Bertz CT molecular complexity index is 507. The first-order valence-corrected chi connectivity index (χ1v) is 7.00. The highest BCUT2D eigenvalue weighted by Gasteiger charge is 2.22. The largest absolute Gasteiger partial charge is 0.383 e. The van der Waals surface area contributed by atoms with Crippen LogP contribution < -0.4 is 10.6 Å². The molecule has 0 saturated carbocycles. The molecule has 0 radical (unpaired) electrons. The smallest absolute Gasteiger partial charge is 0.318 e. The second kappa shape index (κ2) is 7.79. The SMILES string of the molecule is COCCN(CC(=O)Nc1cc(C)on1)C(=O)NC(C)(C)C. The fraction of sp³-hybridized carbons (Fsp3) is 0.643. The highest BCUT2D eigenvalue weighted by molar-refractivity contribution is 5.93. The third-order valence-corrected chi connectivity index (χ3v) is 2.56. The third kappa shape index (κ3) is 6.57. The van der Waals surface area contributed by atoms with Crippen LogP contribution in [0.1, 0.15) is 26.5 Å². The second-order valence-corrected chi connectivity index (χ2v) is 5.97. The quantitative estimate of drug-likeness (QED) is 0.827. The number of methoxy groups -OCH3 is 1. The van der Waals surface area contributed by atoms with E-state index in [9.17, 15) is 9.59 Å². The van der Waals surface area contributed by atoms with E-state index in [0.717, 1.165) is 0 Å². The van der Waals surface area contributed by atoms with Gasteiger partial charge >= 0.3 is 6.03 Å². The summed E-state index contributed by atoms with van der Waals surface area (Å²) < 4.78 is 9.85. The van der Waals surface area contributed by atoms with Crippen molar-refractivity contribution < 1.29 is 18.8 Å². The Balaban J connectivity index is 2.63. The summed E-state index contributed by atoms with van der Waals surface area (Å²) in [7, 11) is 1.54. The molecular weight excluding hydrogens is 288 g/mol. The maximum absolute atomic E-state index is 12.2. The van der Waals surface area contributed by atoms with Gasteiger partial charge in [0.2, 0.25) is 5.91 Å². The number of nitrogens with one attached hydrogen (secondary N) is 2. The Labute approximate surface area is 130 Å². The minimum atomic E-state index is -0.387. The molecule has 0 aromatic carbocycles. The predicted octanol–water partition coefficient (Wildman–Crippen LogP) is 1.38. The van der Waals surface area contributed by atoms with E-state index in [1.54, 1.807) is 13.0 Å². The molecule has 0 aliphatic carbocycles. The van der Waals surface area contributed by atoms with Gasteiger partial charge in [0.1, 0.15) is 12.3 Å². The molecule has 0 aliphatic rings. The van der Waals surface area contributed by atoms with Crippen LogP contribution in [0.5, 0.6) is 0 Å². The Kier molecular flexibility index (Phi) is 6.36. The Morgan fingerprint density at radius 2 is 2.09 bits per heavy atom. The molecule has 1 aromatic heterocycles. The van der Waals surface area contributed by atoms with Gasteiger partial charge in [-0.2, -0.15) is 0 Å². The van der Waals surface area contributed by atoms with Crippen molar-refractivity contribution in [1.29, 1.82) is 0 Å². The third-order valence-electron chi connectivity index (χ3n) is 2.56. The molecule has 0 fully saturated rings. The zero-order valence-corrected chi connectivity index (χ0v) is 13.7. The van der Waals surface area contributed by atoms with Crippen molar-refractivity contribution in [2.45, 2.75) is 33.2 Å². The van der Waals surface area contributed by atoms with Gasteiger partial charge in [0.25, 0.3) is 0 Å². The van der Waals surface area contributed by atoms with E-state index in [2.05, 4.69) is 15.8 Å². The molecule has 8 heteroatoms. The molecule has 0 bridgehead atoms. The lowest BCUT2D eigenvalue weighted by Crippen LogP contribution is -2.51. The molecule has 0 aliphatic heterocycles. The van der Waals surface area contributed by atoms with E-state index in [1.165, 1.54) is 12.0 Å². The maximum Gasteiger partial charge on any atom is 0.318 e. The van der Waals surface area contributed by atoms with E-state index in [1.807, 2.05) is 20.8 Å². The number of hydrogen-bond acceptors (Lipinski definition) is 5. The molecule has 1 rings (SSSR count). The van der Waals surface area contributed by atoms with Crippen LogP contribution in [-0.4, -0.2) is 54.3 Å². The summed E-state index contributed by atoms with van der Waals surface area (Å²) >= 11 is 0. The van der Waals surface area contributed by atoms with Crippen LogP contribution in [0.4, 0.5) is 10.6 Å². The summed E-state index contributed by atoms with van der Waals surface area (Å²) in [6.07, 6.45) is 0. The van der Waals surface area contributed by atoms with Gasteiger partial charge in [0.15, 0.2) is 5.82 Å². The van der Waals surface area contributed by atoms with Crippen LogP contribution in [0.3, 0.4) is 0 Å². The molecule has 0 spiro atoms. The maximum atomic E-state index is 12.2. The minimum absolute atomic E-state index is 0.100. The second-order valence-electron chi connectivity index (χ2n) is 5.97. The number of rotatable bonds is 6. The zero-order valence-electron chi connectivity index (χ0n) is 13.7. The first-order valence-electron chi connectivity index (χ1n) is 7.00. The lowest BCUT2D eigenvalue weighted by molar-refractivity contribution is -0.116. The first kappa shape index (κ1) is 18.0. The van der Waals surface area contributed by atoms with Crippen molar-refractivity contribution in [2.24, 2.45) is 0 Å². The minimum Gasteiger partial charge on any atom is -0.383 e. The molecule has 0 atom stereocenters. The predicted molar refractivity (Wildman–Crippen MR) is 81.6 cm³/mol. The van der Waals surface area contributed by atoms with Crippen molar-refractivity contribution in [1.82, 2.24) is 15.4 Å². The molecule has 22 heavy (non-hydrogen) atoms. The number of ether oxygens (including phenoxy) is 1. The lowest BCUT2D eigenvalue weighted by Gasteiger charge is -2.27. The topological polar surface area (TPSA) is 96.7 Å². The number of hydrogen-bond donors (Lipinski definition) is 2. The van der Waals surface area contributed by atoms with E-state index in [-0.39, 0.29) is 24.0 Å². The molecule has 124 valence electrons. The standard InChI is InChI=1S/C14H24N4O4/c1-10-8-11(17-22-10)15-12(19)9-18(6-7-21-5)13(20)16-14(2,3)4/h8H,6-7,9H2,1-5H3,(H,16,20)(H,15,17,19). The van der Waals surface area contributed by atoms with Crippen LogP contribution >= 0.6 is 0 Å². The molecule has 1 heterocycles. The van der Waals surface area contributed by atoms with Gasteiger partial charge in [-0.1, -0.05) is 5.16 Å². The highest BCUT2D eigenvalue weighted by Crippen LogP contribution is 2.07. The van der Waals surface area contributed by atoms with Gasteiger partial charge < -0.3 is 24.8 Å². The first-order chi connectivity index (χ1) is 10.2. The fourth-order valence-corrected chi connectivity index (χ4v) is 1.63. The van der Waals surface area contributed by atoms with E-state index >= 15 is 0 Å². The number of carbonyl (C=O) groups excluding carboxylic acids is 2. The van der Waals surface area contributed by atoms with E-state index in [4.69, 9.17) is 9.26 Å². The van der Waals surface area contributed by atoms with Gasteiger partial charge in [-0.3, -0.25) is 4.79 Å². The van der Waals surface area contributed by atoms with E-state index in [0.29, 0.717) is 24.7 Å². The van der Waals surface area contributed by atoms with Crippen LogP contribution in [0.25, 0.3) is 0 Å². The van der Waals surface area contributed by atoms with E-state index < -0.39 is 0 Å². The number of aryl methyl sites for hydroxylation is 1. The highest BCUT2D eigenvalue weighted by atomic mass is 16.5. The lowest BCUT2D eigenvalue weighted by atomic mass is 10.1. The number of amides is 3. The fourth-order valence-electron chi connectivity index (χ4n) is 1.63. The van der Waals surface area contributed by atoms with Gasteiger partial charge in [0, 0.05) is 25.3 Å². The van der Waals surface area contributed by atoms with Gasteiger partial charge in [-0.05, 0) is 27.7 Å². The summed E-state index contributed by atoms with van der Waals surface area (Å²) in [6.45, 7) is 7.89. The number of urea groups is 1. The number of nitrogens with zero attached hydrogens (tertiary/aromatic N) is 2. The van der Waals surface area contributed by atoms with Gasteiger partial charge in [-0.25, -0.2) is 4.79 Å². The molecule has 0 saturated heterocycles. The Hall–Kier alpha value is -2.09. The summed E-state index contributed by atoms with van der Waals surface area (Å²) in [6, 6.07) is 1.28. The Morgan fingerprint density at radius 3 is 2.59 bits per heavy atom. The van der Waals surface area contributed by atoms with Gasteiger partial charge in [-0.15, -0.1) is 0 Å². The average Bonchev–Trinajstić information content (AvgIpc) is 2.77. The summed E-state index contributed by atoms with van der Waals surface area (Å²) in [5, 5.41) is 9.08. The van der Waals surface area contributed by atoms with Crippen molar-refractivity contribution >= 4 is 17.8 Å². The monoisotopic (exact) mass is 312 g/mol. The zero-order chi connectivity index (χ0) is 16.8. The Morgan fingerprint density at radius 1 is 1.41 bits per heavy atom. The van der Waals surface area contributed by atoms with Crippen molar-refractivity contribution in [3.8, 4) is 0 Å². The normalized spacial score (nSPS) is 11.1. The van der Waals surface area contributed by atoms with Crippen LogP contribution in [0, 0.1) is 6.92 Å². The molecule has 8 nitrogen and oxygen atoms in total. The van der Waals surface area contributed by atoms with Crippen molar-refractivity contribution in [3.63, 3.8) is 0 Å². The molecule has 2 N–H and O–H groups in total. The van der Waals surface area contributed by atoms with Crippen molar-refractivity contribution in [2.75, 3.05) is 32.1 Å². The summed E-state index contributed by atoms with van der Waals surface area (Å²) in [5.74, 6) is 0.566. The van der Waals surface area contributed by atoms with Crippen molar-refractivity contribution in [3.05, 3.63) is 11.8 Å². The summed E-state index contributed by atoms with van der Waals surface area (Å²) in [4.78, 5) is 25.6. The molecule has 1 aromatic rings. The number of anilines is 1. The molecule has 0 unspecified atom stereocenters. The van der Waals surface area contributed by atoms with Crippen LogP contribution in [0.2, 0.25) is 0 Å². The van der Waals surface area contributed by atoms with Crippen LogP contribution in [0.15, 0.2) is 10.6 Å². The number of aromatic nitrogens is 1. The average molecular weight is 312 g/mol. The van der Waals surface area contributed by atoms with Gasteiger partial charge in [0.05, 0.1) is 6.61 Å². The number of carbonyl (C=O) groups is 2.